The molecule has 0 radical (unpaired) electrons. The number of aldehydes is 1. The Morgan fingerprint density at radius 3 is 2.33 bits per heavy atom. The first-order valence-corrected chi connectivity index (χ1v) is 5.64. The molecule has 0 saturated carbocycles. The van der Waals surface area contributed by atoms with E-state index in [9.17, 15) is 4.79 Å². The summed E-state index contributed by atoms with van der Waals surface area (Å²) < 4.78 is 0. The number of para-hydroxylation sites is 2. The zero-order valence-corrected chi connectivity index (χ0v) is 9.58. The molecule has 3 rings (SSSR count). The molecule has 0 aliphatic heterocycles. The maximum atomic E-state index is 10.6. The predicted octanol–water partition coefficient (Wildman–Crippen LogP) is 3.11. The van der Waals surface area contributed by atoms with Crippen molar-refractivity contribution in [3.8, 4) is 11.3 Å². The summed E-state index contributed by atoms with van der Waals surface area (Å²) in [6.07, 6.45) is 2.58. The molecule has 0 atom stereocenters. The standard InChI is InChI=1S/C15H10N2O/c18-10-11-5-7-12(8-6-11)15-9-16-13-3-1-2-4-14(13)17-15/h1-10H. The number of carbonyl (C=O) groups excluding carboxylic acids is 1. The molecule has 0 amide bonds. The fourth-order valence-corrected chi connectivity index (χ4v) is 1.83. The van der Waals surface area contributed by atoms with Gasteiger partial charge in [-0.2, -0.15) is 0 Å². The van der Waals surface area contributed by atoms with Gasteiger partial charge in [-0.3, -0.25) is 9.78 Å². The van der Waals surface area contributed by atoms with E-state index in [4.69, 9.17) is 0 Å². The van der Waals surface area contributed by atoms with Crippen LogP contribution in [0.15, 0.2) is 54.7 Å². The largest absolute Gasteiger partial charge is 0.298 e. The third kappa shape index (κ3) is 1.86. The molecular formula is C15H10N2O. The van der Waals surface area contributed by atoms with Crippen LogP contribution in [0.2, 0.25) is 0 Å². The number of fused-ring (bicyclic) bond motifs is 1. The average molecular weight is 234 g/mol. The van der Waals surface area contributed by atoms with Crippen molar-refractivity contribution >= 4 is 17.3 Å². The summed E-state index contributed by atoms with van der Waals surface area (Å²) >= 11 is 0. The molecule has 3 aromatic rings. The number of hydrogen-bond donors (Lipinski definition) is 0. The Labute approximate surface area is 104 Å². The molecule has 0 saturated heterocycles. The van der Waals surface area contributed by atoms with E-state index < -0.39 is 0 Å². The second kappa shape index (κ2) is 4.37. The minimum Gasteiger partial charge on any atom is -0.298 e. The molecule has 0 spiro atoms. The Morgan fingerprint density at radius 1 is 0.889 bits per heavy atom. The molecule has 0 unspecified atom stereocenters. The van der Waals surface area contributed by atoms with Gasteiger partial charge in [0.1, 0.15) is 6.29 Å². The van der Waals surface area contributed by atoms with Gasteiger partial charge in [-0.15, -0.1) is 0 Å². The summed E-state index contributed by atoms with van der Waals surface area (Å²) in [6.45, 7) is 0. The van der Waals surface area contributed by atoms with E-state index in [1.54, 1.807) is 18.3 Å². The van der Waals surface area contributed by atoms with E-state index >= 15 is 0 Å². The molecule has 0 bridgehead atoms. The van der Waals surface area contributed by atoms with Gasteiger partial charge in [0.2, 0.25) is 0 Å². The molecular weight excluding hydrogens is 224 g/mol. The SMILES string of the molecule is O=Cc1ccc(-c2cnc3ccccc3n2)cc1. The van der Waals surface area contributed by atoms with Crippen molar-refractivity contribution in [2.45, 2.75) is 0 Å². The Bertz CT molecular complexity index is 705. The molecule has 0 aliphatic rings. The third-order valence-electron chi connectivity index (χ3n) is 2.79. The molecule has 0 fully saturated rings. The Balaban J connectivity index is 2.10. The molecule has 3 heteroatoms. The zero-order chi connectivity index (χ0) is 12.4. The van der Waals surface area contributed by atoms with Crippen LogP contribution in [0.3, 0.4) is 0 Å². The van der Waals surface area contributed by atoms with Gasteiger partial charge in [0, 0.05) is 11.1 Å². The van der Waals surface area contributed by atoms with Crippen LogP contribution in [0, 0.1) is 0 Å². The summed E-state index contributed by atoms with van der Waals surface area (Å²) in [4.78, 5) is 19.5. The minimum atomic E-state index is 0.660. The van der Waals surface area contributed by atoms with Gasteiger partial charge < -0.3 is 0 Å². The van der Waals surface area contributed by atoms with Crippen molar-refractivity contribution in [2.24, 2.45) is 0 Å². The molecule has 3 nitrogen and oxygen atoms in total. The average Bonchev–Trinajstić information content (AvgIpc) is 2.47. The van der Waals surface area contributed by atoms with Crippen molar-refractivity contribution in [3.05, 3.63) is 60.3 Å². The van der Waals surface area contributed by atoms with Crippen LogP contribution in [0.1, 0.15) is 10.4 Å². The molecule has 1 aromatic heterocycles. The lowest BCUT2D eigenvalue weighted by molar-refractivity contribution is 0.112. The lowest BCUT2D eigenvalue weighted by Crippen LogP contribution is -1.88. The highest BCUT2D eigenvalue weighted by molar-refractivity contribution is 5.79. The first-order valence-electron chi connectivity index (χ1n) is 5.64. The number of aromatic nitrogens is 2. The van der Waals surface area contributed by atoms with E-state index in [1.165, 1.54) is 0 Å². The Kier molecular flexibility index (Phi) is 2.57. The monoisotopic (exact) mass is 234 g/mol. The zero-order valence-electron chi connectivity index (χ0n) is 9.58. The summed E-state index contributed by atoms with van der Waals surface area (Å²) in [5, 5.41) is 0. The van der Waals surface area contributed by atoms with Gasteiger partial charge in [0.05, 0.1) is 22.9 Å². The maximum absolute atomic E-state index is 10.6. The number of rotatable bonds is 2. The van der Waals surface area contributed by atoms with Crippen LogP contribution >= 0.6 is 0 Å². The quantitative estimate of drug-likeness (QED) is 0.640. The third-order valence-corrected chi connectivity index (χ3v) is 2.79. The fraction of sp³-hybridized carbons (Fsp3) is 0. The van der Waals surface area contributed by atoms with Gasteiger partial charge in [0.25, 0.3) is 0 Å². The van der Waals surface area contributed by atoms with E-state index in [0.29, 0.717) is 5.56 Å². The summed E-state index contributed by atoms with van der Waals surface area (Å²) in [6, 6.07) is 15.1. The topological polar surface area (TPSA) is 42.9 Å². The van der Waals surface area contributed by atoms with E-state index in [0.717, 1.165) is 28.6 Å². The lowest BCUT2D eigenvalue weighted by atomic mass is 10.1. The highest BCUT2D eigenvalue weighted by Crippen LogP contribution is 2.19. The van der Waals surface area contributed by atoms with Crippen molar-refractivity contribution in [1.82, 2.24) is 9.97 Å². The summed E-state index contributed by atoms with van der Waals surface area (Å²) in [7, 11) is 0. The van der Waals surface area contributed by atoms with Crippen LogP contribution in [-0.2, 0) is 0 Å². The van der Waals surface area contributed by atoms with Crippen LogP contribution in [0.5, 0.6) is 0 Å². The lowest BCUT2D eigenvalue weighted by Gasteiger charge is -2.02. The molecule has 1 heterocycles. The molecule has 2 aromatic carbocycles. The van der Waals surface area contributed by atoms with Crippen molar-refractivity contribution in [2.75, 3.05) is 0 Å². The van der Waals surface area contributed by atoms with E-state index in [2.05, 4.69) is 9.97 Å². The van der Waals surface area contributed by atoms with Crippen LogP contribution < -0.4 is 0 Å². The Hall–Kier alpha value is -2.55. The minimum absolute atomic E-state index is 0.660. The van der Waals surface area contributed by atoms with Crippen molar-refractivity contribution in [3.63, 3.8) is 0 Å². The van der Waals surface area contributed by atoms with Crippen molar-refractivity contribution < 1.29 is 4.79 Å². The second-order valence-corrected chi connectivity index (χ2v) is 3.98. The normalized spacial score (nSPS) is 10.4. The maximum Gasteiger partial charge on any atom is 0.150 e. The molecule has 86 valence electrons. The highest BCUT2D eigenvalue weighted by Gasteiger charge is 2.02. The predicted molar refractivity (Wildman–Crippen MR) is 70.4 cm³/mol. The van der Waals surface area contributed by atoms with Gasteiger partial charge in [-0.25, -0.2) is 4.98 Å². The van der Waals surface area contributed by atoms with Crippen molar-refractivity contribution in [1.29, 1.82) is 0 Å². The van der Waals surface area contributed by atoms with E-state index in [1.807, 2.05) is 36.4 Å². The Morgan fingerprint density at radius 2 is 1.61 bits per heavy atom. The summed E-state index contributed by atoms with van der Waals surface area (Å²) in [5.41, 5.74) is 4.18. The second-order valence-electron chi connectivity index (χ2n) is 3.98. The molecule has 18 heavy (non-hydrogen) atoms. The van der Waals surface area contributed by atoms with Crippen LogP contribution in [-0.4, -0.2) is 16.3 Å². The smallest absolute Gasteiger partial charge is 0.150 e. The van der Waals surface area contributed by atoms with Gasteiger partial charge in [0.15, 0.2) is 0 Å². The number of benzene rings is 2. The fourth-order valence-electron chi connectivity index (χ4n) is 1.83. The van der Waals surface area contributed by atoms with Gasteiger partial charge >= 0.3 is 0 Å². The molecule has 0 aliphatic carbocycles. The first kappa shape index (κ1) is 10.6. The van der Waals surface area contributed by atoms with Crippen LogP contribution in [0.25, 0.3) is 22.3 Å². The first-order chi connectivity index (χ1) is 8.86. The highest BCUT2D eigenvalue weighted by atomic mass is 16.1. The summed E-state index contributed by atoms with van der Waals surface area (Å²) in [5.74, 6) is 0. The number of carbonyl (C=O) groups is 1. The van der Waals surface area contributed by atoms with E-state index in [-0.39, 0.29) is 0 Å². The van der Waals surface area contributed by atoms with Gasteiger partial charge in [-0.1, -0.05) is 36.4 Å². The number of nitrogens with zero attached hydrogens (tertiary/aromatic N) is 2. The van der Waals surface area contributed by atoms with Gasteiger partial charge in [-0.05, 0) is 12.1 Å². The number of hydrogen-bond acceptors (Lipinski definition) is 3. The van der Waals surface area contributed by atoms with Crippen LogP contribution in [0.4, 0.5) is 0 Å². The molecule has 0 N–H and O–H groups in total.